The Bertz CT molecular complexity index is 414. The minimum Gasteiger partial charge on any atom is -0.382 e. The predicted octanol–water partition coefficient (Wildman–Crippen LogP) is 1.58. The van der Waals surface area contributed by atoms with Crippen molar-refractivity contribution < 1.29 is 28.5 Å². The molecule has 25 heavy (non-hydrogen) atoms. The van der Waals surface area contributed by atoms with Gasteiger partial charge in [0, 0.05) is 35.3 Å². The van der Waals surface area contributed by atoms with Crippen molar-refractivity contribution in [2.24, 2.45) is 0 Å². The molecule has 1 aliphatic heterocycles. The second-order valence-electron chi connectivity index (χ2n) is 6.92. The van der Waals surface area contributed by atoms with Crippen LogP contribution in [0.4, 0.5) is 0 Å². The standard InChI is InChI=1S/C18H33NO6/c1-12(20)19(2)15-17(23-5)16(22-4)14(11-21-3)25-18(15)24-13-9-7-6-8-10-13/h13-18H,6-11H2,1-5H3/t14-,15-,16+,17-,18-/m1/s1. The van der Waals surface area contributed by atoms with Crippen LogP contribution in [0, 0.1) is 0 Å². The van der Waals surface area contributed by atoms with Crippen molar-refractivity contribution >= 4 is 5.91 Å². The van der Waals surface area contributed by atoms with Gasteiger partial charge in [-0.25, -0.2) is 0 Å². The largest absolute Gasteiger partial charge is 0.382 e. The second kappa shape index (κ2) is 9.83. The van der Waals surface area contributed by atoms with Gasteiger partial charge in [0.25, 0.3) is 0 Å². The van der Waals surface area contributed by atoms with E-state index in [1.807, 2.05) is 0 Å². The van der Waals surface area contributed by atoms with Crippen LogP contribution in [0.2, 0.25) is 0 Å². The van der Waals surface area contributed by atoms with Crippen molar-refractivity contribution in [2.45, 2.75) is 75.8 Å². The van der Waals surface area contributed by atoms with Crippen molar-refractivity contribution in [1.29, 1.82) is 0 Å². The third-order valence-corrected chi connectivity index (χ3v) is 5.31. The molecule has 7 nitrogen and oxygen atoms in total. The fourth-order valence-corrected chi connectivity index (χ4v) is 3.87. The number of nitrogens with zero attached hydrogens (tertiary/aromatic N) is 1. The molecule has 2 rings (SSSR count). The first kappa shape index (κ1) is 20.6. The lowest BCUT2D eigenvalue weighted by atomic mass is 9.94. The van der Waals surface area contributed by atoms with Gasteiger partial charge in [-0.3, -0.25) is 4.79 Å². The van der Waals surface area contributed by atoms with E-state index in [0.29, 0.717) is 6.61 Å². The molecule has 0 spiro atoms. The van der Waals surface area contributed by atoms with Crippen molar-refractivity contribution in [1.82, 2.24) is 4.90 Å². The number of hydrogen-bond acceptors (Lipinski definition) is 6. The van der Waals surface area contributed by atoms with E-state index >= 15 is 0 Å². The smallest absolute Gasteiger partial charge is 0.219 e. The number of likely N-dealkylation sites (N-methyl/N-ethyl adjacent to an activating group) is 1. The summed E-state index contributed by atoms with van der Waals surface area (Å²) in [5.74, 6) is -0.0621. The van der Waals surface area contributed by atoms with Crippen molar-refractivity contribution in [3.8, 4) is 0 Å². The van der Waals surface area contributed by atoms with Crippen LogP contribution in [-0.4, -0.2) is 82.5 Å². The molecule has 0 radical (unpaired) electrons. The Hall–Kier alpha value is -0.730. The molecule has 0 aromatic rings. The summed E-state index contributed by atoms with van der Waals surface area (Å²) in [7, 11) is 6.63. The highest BCUT2D eigenvalue weighted by Gasteiger charge is 2.50. The molecular weight excluding hydrogens is 326 g/mol. The van der Waals surface area contributed by atoms with Crippen LogP contribution in [0.3, 0.4) is 0 Å². The monoisotopic (exact) mass is 359 g/mol. The molecule has 0 aromatic heterocycles. The van der Waals surface area contributed by atoms with E-state index < -0.39 is 6.29 Å². The van der Waals surface area contributed by atoms with Gasteiger partial charge in [0.1, 0.15) is 24.4 Å². The average molecular weight is 359 g/mol. The van der Waals surface area contributed by atoms with Gasteiger partial charge >= 0.3 is 0 Å². The number of carbonyl (C=O) groups is 1. The number of ether oxygens (including phenoxy) is 5. The molecule has 1 saturated heterocycles. The number of rotatable bonds is 7. The Labute approximate surface area is 150 Å². The predicted molar refractivity (Wildman–Crippen MR) is 92.3 cm³/mol. The van der Waals surface area contributed by atoms with Gasteiger partial charge in [-0.05, 0) is 12.8 Å². The Morgan fingerprint density at radius 3 is 2.24 bits per heavy atom. The molecule has 146 valence electrons. The Balaban J connectivity index is 2.24. The average Bonchev–Trinajstić information content (AvgIpc) is 2.61. The van der Waals surface area contributed by atoms with Gasteiger partial charge in [0.05, 0.1) is 12.7 Å². The first-order chi connectivity index (χ1) is 12.0. The maximum Gasteiger partial charge on any atom is 0.219 e. The van der Waals surface area contributed by atoms with Gasteiger partial charge in [-0.15, -0.1) is 0 Å². The highest BCUT2D eigenvalue weighted by atomic mass is 16.7. The zero-order valence-corrected chi connectivity index (χ0v) is 16.1. The summed E-state index contributed by atoms with van der Waals surface area (Å²) in [6.07, 6.45) is 4.21. The highest BCUT2D eigenvalue weighted by molar-refractivity contribution is 5.73. The number of methoxy groups -OCH3 is 3. The van der Waals surface area contributed by atoms with Gasteiger partial charge < -0.3 is 28.6 Å². The lowest BCUT2D eigenvalue weighted by Gasteiger charge is -2.48. The Kier molecular flexibility index (Phi) is 8.09. The molecule has 1 saturated carbocycles. The van der Waals surface area contributed by atoms with Crippen molar-refractivity contribution in [3.05, 3.63) is 0 Å². The van der Waals surface area contributed by atoms with Crippen LogP contribution in [-0.2, 0) is 28.5 Å². The van der Waals surface area contributed by atoms with Crippen molar-refractivity contribution in [2.75, 3.05) is 35.0 Å². The summed E-state index contributed by atoms with van der Waals surface area (Å²) >= 11 is 0. The zero-order chi connectivity index (χ0) is 18.4. The molecule has 5 atom stereocenters. The van der Waals surface area contributed by atoms with Crippen LogP contribution in [0.25, 0.3) is 0 Å². The molecule has 0 N–H and O–H groups in total. The minimum atomic E-state index is -0.562. The van der Waals surface area contributed by atoms with E-state index in [-0.39, 0.29) is 36.4 Å². The van der Waals surface area contributed by atoms with Crippen LogP contribution in [0.5, 0.6) is 0 Å². The fraction of sp³-hybridized carbons (Fsp3) is 0.944. The maximum atomic E-state index is 12.0. The quantitative estimate of drug-likeness (QED) is 0.688. The summed E-state index contributed by atoms with van der Waals surface area (Å²) in [5, 5.41) is 0. The number of carbonyl (C=O) groups excluding carboxylic acids is 1. The van der Waals surface area contributed by atoms with Gasteiger partial charge in [-0.2, -0.15) is 0 Å². The Morgan fingerprint density at radius 1 is 1.08 bits per heavy atom. The van der Waals surface area contributed by atoms with Crippen LogP contribution >= 0.6 is 0 Å². The second-order valence-corrected chi connectivity index (χ2v) is 6.92. The first-order valence-electron chi connectivity index (χ1n) is 9.12. The van der Waals surface area contributed by atoms with Crippen LogP contribution < -0.4 is 0 Å². The van der Waals surface area contributed by atoms with E-state index in [9.17, 15) is 4.79 Å². The molecule has 2 fully saturated rings. The molecule has 1 amide bonds. The molecule has 0 unspecified atom stereocenters. The third kappa shape index (κ3) is 4.92. The zero-order valence-electron chi connectivity index (χ0n) is 16.1. The van der Waals surface area contributed by atoms with Gasteiger partial charge in [0.15, 0.2) is 6.29 Å². The highest BCUT2D eigenvalue weighted by Crippen LogP contribution is 2.32. The lowest BCUT2D eigenvalue weighted by molar-refractivity contribution is -0.303. The van der Waals surface area contributed by atoms with E-state index in [1.165, 1.54) is 26.2 Å². The van der Waals surface area contributed by atoms with Crippen LogP contribution in [0.15, 0.2) is 0 Å². The molecule has 7 heteroatoms. The fourth-order valence-electron chi connectivity index (χ4n) is 3.87. The summed E-state index contributed by atoms with van der Waals surface area (Å²) in [6.45, 7) is 1.91. The van der Waals surface area contributed by atoms with E-state index in [0.717, 1.165) is 12.8 Å². The summed E-state index contributed by atoms with van der Waals surface area (Å²) in [6, 6.07) is -0.373. The van der Waals surface area contributed by atoms with Gasteiger partial charge in [0.2, 0.25) is 5.91 Å². The normalized spacial score (nSPS) is 34.0. The molecule has 0 bridgehead atoms. The van der Waals surface area contributed by atoms with Crippen LogP contribution in [0.1, 0.15) is 39.0 Å². The molecule has 1 heterocycles. The summed E-state index contributed by atoms with van der Waals surface area (Å²) < 4.78 is 29.2. The van der Waals surface area contributed by atoms with E-state index in [4.69, 9.17) is 23.7 Å². The van der Waals surface area contributed by atoms with Crippen molar-refractivity contribution in [3.63, 3.8) is 0 Å². The first-order valence-corrected chi connectivity index (χ1v) is 9.12. The number of amides is 1. The maximum absolute atomic E-state index is 12.0. The summed E-state index contributed by atoms with van der Waals surface area (Å²) in [5.41, 5.74) is 0. The summed E-state index contributed by atoms with van der Waals surface area (Å²) in [4.78, 5) is 13.7. The SMILES string of the molecule is COC[C@H]1O[C@@H](OC2CCCCC2)[C@H](N(C)C(C)=O)[C@@H](OC)[C@H]1OC. The molecular formula is C18H33NO6. The Morgan fingerprint density at radius 2 is 1.72 bits per heavy atom. The topological polar surface area (TPSA) is 66.5 Å². The van der Waals surface area contributed by atoms with Gasteiger partial charge in [-0.1, -0.05) is 19.3 Å². The molecule has 2 aliphatic rings. The van der Waals surface area contributed by atoms with E-state index in [1.54, 1.807) is 33.3 Å². The lowest BCUT2D eigenvalue weighted by Crippen LogP contribution is -2.66. The molecule has 0 aromatic carbocycles. The third-order valence-electron chi connectivity index (χ3n) is 5.31. The molecule has 1 aliphatic carbocycles. The number of hydrogen-bond donors (Lipinski definition) is 0. The van der Waals surface area contributed by atoms with E-state index in [2.05, 4.69) is 0 Å². The minimum absolute atomic E-state index is 0.0621.